The lowest BCUT2D eigenvalue weighted by Crippen LogP contribution is -2.37. The lowest BCUT2D eigenvalue weighted by atomic mass is 10.2. The van der Waals surface area contributed by atoms with Crippen LogP contribution in [0, 0.1) is 6.92 Å². The molecule has 0 atom stereocenters. The highest BCUT2D eigenvalue weighted by Gasteiger charge is 2.26. The summed E-state index contributed by atoms with van der Waals surface area (Å²) in [4.78, 5) is 21.3. The number of hydrogen-bond donors (Lipinski definition) is 0. The average Bonchev–Trinajstić information content (AvgIpc) is 3.07. The van der Waals surface area contributed by atoms with Crippen LogP contribution < -0.4 is 4.90 Å². The number of carbonyl (C=O) groups excluding carboxylic acids is 1. The second-order valence-corrected chi connectivity index (χ2v) is 10.2. The van der Waals surface area contributed by atoms with E-state index in [1.807, 2.05) is 44.1 Å². The summed E-state index contributed by atoms with van der Waals surface area (Å²) in [6.07, 6.45) is 0.721. The predicted molar refractivity (Wildman–Crippen MR) is 126 cm³/mol. The number of hydrogen-bond acceptors (Lipinski definition) is 6. The van der Waals surface area contributed by atoms with Gasteiger partial charge in [0.1, 0.15) is 5.75 Å². The van der Waals surface area contributed by atoms with Crippen LogP contribution in [-0.4, -0.2) is 57.1 Å². The van der Waals surface area contributed by atoms with Crippen LogP contribution in [0.15, 0.2) is 53.4 Å². The van der Waals surface area contributed by atoms with Crippen molar-refractivity contribution in [2.45, 2.75) is 18.2 Å². The Labute approximate surface area is 187 Å². The van der Waals surface area contributed by atoms with Crippen molar-refractivity contribution in [3.05, 3.63) is 54.1 Å². The fraction of sp³-hybridized carbons (Fsp3) is 0.333. The van der Waals surface area contributed by atoms with Crippen molar-refractivity contribution in [3.8, 4) is 0 Å². The zero-order valence-corrected chi connectivity index (χ0v) is 19.7. The van der Waals surface area contributed by atoms with Crippen molar-refractivity contribution in [2.24, 2.45) is 0 Å². The van der Waals surface area contributed by atoms with Crippen LogP contribution >= 0.6 is 23.7 Å². The monoisotopic (exact) mass is 467 g/mol. The number of halogens is 1. The Bertz CT molecular complexity index is 1100. The van der Waals surface area contributed by atoms with E-state index in [1.165, 1.54) is 28.4 Å². The van der Waals surface area contributed by atoms with E-state index >= 15 is 0 Å². The number of rotatable bonds is 8. The Morgan fingerprint density at radius 2 is 1.77 bits per heavy atom. The molecule has 0 saturated heterocycles. The molecule has 0 aliphatic heterocycles. The molecule has 0 unspecified atom stereocenters. The SMILES string of the molecule is Cc1ccc2nc(N(CCCN(C)C)C(=O)CS(=O)(=O)c3ccccc3)sc2c1.Cl. The van der Waals surface area contributed by atoms with Crippen LogP contribution in [0.2, 0.25) is 0 Å². The van der Waals surface area contributed by atoms with Gasteiger partial charge in [-0.15, -0.1) is 12.4 Å². The number of anilines is 1. The van der Waals surface area contributed by atoms with E-state index in [2.05, 4.69) is 4.98 Å². The van der Waals surface area contributed by atoms with Crippen molar-refractivity contribution in [1.29, 1.82) is 0 Å². The van der Waals surface area contributed by atoms with Crippen LogP contribution in [0.5, 0.6) is 0 Å². The van der Waals surface area contributed by atoms with Gasteiger partial charge in [-0.25, -0.2) is 13.4 Å². The molecule has 1 aromatic heterocycles. The van der Waals surface area contributed by atoms with Gasteiger partial charge in [-0.3, -0.25) is 9.69 Å². The van der Waals surface area contributed by atoms with E-state index in [1.54, 1.807) is 18.2 Å². The Morgan fingerprint density at radius 1 is 1.07 bits per heavy atom. The largest absolute Gasteiger partial charge is 0.309 e. The van der Waals surface area contributed by atoms with Crippen molar-refractivity contribution in [3.63, 3.8) is 0 Å². The van der Waals surface area contributed by atoms with Crippen LogP contribution in [0.3, 0.4) is 0 Å². The summed E-state index contributed by atoms with van der Waals surface area (Å²) in [5.74, 6) is -1.03. The highest BCUT2D eigenvalue weighted by molar-refractivity contribution is 7.92. The average molecular weight is 468 g/mol. The number of carbonyl (C=O) groups is 1. The Hall–Kier alpha value is -2.00. The number of benzene rings is 2. The third kappa shape index (κ3) is 6.01. The number of sulfone groups is 1. The summed E-state index contributed by atoms with van der Waals surface area (Å²) in [5.41, 5.74) is 1.93. The second-order valence-electron chi connectivity index (χ2n) is 7.24. The van der Waals surface area contributed by atoms with Crippen molar-refractivity contribution >= 4 is 54.8 Å². The van der Waals surface area contributed by atoms with Gasteiger partial charge in [0.25, 0.3) is 0 Å². The second kappa shape index (κ2) is 10.3. The summed E-state index contributed by atoms with van der Waals surface area (Å²) < 4.78 is 26.4. The molecule has 0 saturated carbocycles. The van der Waals surface area contributed by atoms with E-state index < -0.39 is 21.5 Å². The third-order valence-corrected chi connectivity index (χ3v) is 7.13. The lowest BCUT2D eigenvalue weighted by Gasteiger charge is -2.21. The molecule has 162 valence electrons. The fourth-order valence-corrected chi connectivity index (χ4v) is 5.29. The first-order valence-electron chi connectivity index (χ1n) is 9.36. The smallest absolute Gasteiger partial charge is 0.244 e. The van der Waals surface area contributed by atoms with Crippen molar-refractivity contribution < 1.29 is 13.2 Å². The van der Waals surface area contributed by atoms with Gasteiger partial charge in [-0.05, 0) is 63.8 Å². The number of nitrogens with zero attached hydrogens (tertiary/aromatic N) is 3. The molecule has 0 aliphatic rings. The molecule has 6 nitrogen and oxygen atoms in total. The Kier molecular flexibility index (Phi) is 8.37. The molecule has 0 N–H and O–H groups in total. The van der Waals surface area contributed by atoms with Gasteiger partial charge in [0.05, 0.1) is 15.1 Å². The maximum absolute atomic E-state index is 13.1. The summed E-state index contributed by atoms with van der Waals surface area (Å²) in [6, 6.07) is 14.0. The number of fused-ring (bicyclic) bond motifs is 1. The van der Waals surface area contributed by atoms with Gasteiger partial charge in [0.15, 0.2) is 15.0 Å². The Balaban J connectivity index is 0.00000320. The van der Waals surface area contributed by atoms with E-state index in [9.17, 15) is 13.2 Å². The highest BCUT2D eigenvalue weighted by atomic mass is 35.5. The molecule has 1 heterocycles. The molecule has 9 heteroatoms. The maximum Gasteiger partial charge on any atom is 0.244 e. The summed E-state index contributed by atoms with van der Waals surface area (Å²) in [6.45, 7) is 3.21. The highest BCUT2D eigenvalue weighted by Crippen LogP contribution is 2.30. The summed E-state index contributed by atoms with van der Waals surface area (Å²) >= 11 is 1.41. The van der Waals surface area contributed by atoms with Gasteiger partial charge < -0.3 is 4.90 Å². The molecule has 0 fully saturated rings. The van der Waals surface area contributed by atoms with Crippen molar-refractivity contribution in [2.75, 3.05) is 37.8 Å². The molecule has 0 bridgehead atoms. The summed E-state index contributed by atoms with van der Waals surface area (Å²) in [7, 11) is 0.214. The third-order valence-electron chi connectivity index (χ3n) is 4.47. The molecule has 3 aromatic rings. The van der Waals surface area contributed by atoms with Gasteiger partial charge >= 0.3 is 0 Å². The molecule has 1 amide bonds. The number of aromatic nitrogens is 1. The quantitative estimate of drug-likeness (QED) is 0.504. The van der Waals surface area contributed by atoms with Crippen LogP contribution in [0.1, 0.15) is 12.0 Å². The van der Waals surface area contributed by atoms with Crippen LogP contribution in [0.25, 0.3) is 10.2 Å². The number of aryl methyl sites for hydroxylation is 1. The zero-order chi connectivity index (χ0) is 21.0. The molecule has 3 rings (SSSR count). The van der Waals surface area contributed by atoms with Crippen LogP contribution in [-0.2, 0) is 14.6 Å². The molecule has 0 aliphatic carbocycles. The lowest BCUT2D eigenvalue weighted by molar-refractivity contribution is -0.116. The molecular weight excluding hydrogens is 442 g/mol. The predicted octanol–water partition coefficient (Wildman–Crippen LogP) is 3.79. The standard InChI is InChI=1S/C21H25N3O3S2.ClH/c1-16-10-11-18-19(14-16)28-21(22-18)24(13-7-12-23(2)3)20(25)15-29(26,27)17-8-5-4-6-9-17;/h4-6,8-11,14H,7,12-13,15H2,1-3H3;1H. The molecule has 0 spiro atoms. The zero-order valence-electron chi connectivity index (χ0n) is 17.2. The Morgan fingerprint density at radius 3 is 2.43 bits per heavy atom. The first-order valence-corrected chi connectivity index (χ1v) is 11.8. The first-order chi connectivity index (χ1) is 13.8. The van der Waals surface area contributed by atoms with Crippen LogP contribution in [0.4, 0.5) is 5.13 Å². The van der Waals surface area contributed by atoms with Crippen molar-refractivity contribution in [1.82, 2.24) is 9.88 Å². The molecule has 2 aromatic carbocycles. The fourth-order valence-electron chi connectivity index (χ4n) is 2.96. The number of thiazole rings is 1. The van der Waals surface area contributed by atoms with E-state index in [0.29, 0.717) is 11.7 Å². The molecule has 0 radical (unpaired) electrons. The molecule has 30 heavy (non-hydrogen) atoms. The maximum atomic E-state index is 13.1. The summed E-state index contributed by atoms with van der Waals surface area (Å²) in [5, 5.41) is 0.539. The minimum Gasteiger partial charge on any atom is -0.309 e. The van der Waals surface area contributed by atoms with E-state index in [0.717, 1.165) is 28.7 Å². The minimum atomic E-state index is -3.72. The van der Waals surface area contributed by atoms with E-state index in [-0.39, 0.29) is 17.3 Å². The minimum absolute atomic E-state index is 0. The van der Waals surface area contributed by atoms with E-state index in [4.69, 9.17) is 0 Å². The molecular formula is C21H26ClN3O3S2. The normalized spacial score (nSPS) is 11.5. The van der Waals surface area contributed by atoms with Gasteiger partial charge in [-0.1, -0.05) is 35.6 Å². The first kappa shape index (κ1) is 24.3. The van der Waals surface area contributed by atoms with Gasteiger partial charge in [0.2, 0.25) is 5.91 Å². The van der Waals surface area contributed by atoms with Gasteiger partial charge in [-0.2, -0.15) is 0 Å². The topological polar surface area (TPSA) is 70.6 Å². The van der Waals surface area contributed by atoms with Gasteiger partial charge in [0, 0.05) is 6.54 Å². The number of amides is 1.